The zero-order chi connectivity index (χ0) is 14.3. The van der Waals surface area contributed by atoms with Gasteiger partial charge in [-0.15, -0.1) is 0 Å². The zero-order valence-corrected chi connectivity index (χ0v) is 11.7. The third-order valence-electron chi connectivity index (χ3n) is 2.70. The maximum atomic E-state index is 12.1. The smallest absolute Gasteiger partial charge is 0.242 e. The summed E-state index contributed by atoms with van der Waals surface area (Å²) in [5.41, 5.74) is 0. The van der Waals surface area contributed by atoms with E-state index in [1.165, 1.54) is 0 Å². The van der Waals surface area contributed by atoms with E-state index >= 15 is 0 Å². The fraction of sp³-hybridized carbons (Fsp3) is 0.571. The molecule has 0 radical (unpaired) electrons. The summed E-state index contributed by atoms with van der Waals surface area (Å²) in [5, 5.41) is 5.52. The van der Waals surface area contributed by atoms with E-state index in [-0.39, 0.29) is 11.8 Å². The normalized spacial score (nSPS) is 12.2. The lowest BCUT2D eigenvalue weighted by molar-refractivity contribution is -0.129. The molecule has 0 bridgehead atoms. The number of hydrogen-bond donors (Lipinski definition) is 2. The van der Waals surface area contributed by atoms with Crippen molar-refractivity contribution in [2.45, 2.75) is 46.2 Å². The summed E-state index contributed by atoms with van der Waals surface area (Å²) in [5.74, 6) is 0.737. The van der Waals surface area contributed by atoms with Gasteiger partial charge in [0.1, 0.15) is 11.8 Å². The second-order valence-corrected chi connectivity index (χ2v) is 4.90. The van der Waals surface area contributed by atoms with E-state index < -0.39 is 6.04 Å². The number of amides is 2. The van der Waals surface area contributed by atoms with Crippen LogP contribution in [-0.2, 0) is 16.1 Å². The molecule has 1 aromatic rings. The number of rotatable bonds is 7. The highest BCUT2D eigenvalue weighted by atomic mass is 16.3. The second kappa shape index (κ2) is 7.61. The predicted molar refractivity (Wildman–Crippen MR) is 72.2 cm³/mol. The average Bonchev–Trinajstić information content (AvgIpc) is 2.87. The van der Waals surface area contributed by atoms with Gasteiger partial charge in [0.05, 0.1) is 12.8 Å². The molecule has 5 nitrogen and oxygen atoms in total. The van der Waals surface area contributed by atoms with Crippen molar-refractivity contribution in [3.8, 4) is 0 Å². The molecule has 0 aliphatic rings. The third kappa shape index (κ3) is 5.59. The lowest BCUT2D eigenvalue weighted by Gasteiger charge is -2.19. The summed E-state index contributed by atoms with van der Waals surface area (Å²) in [6.07, 6.45) is 2.56. The van der Waals surface area contributed by atoms with E-state index in [0.29, 0.717) is 31.1 Å². The van der Waals surface area contributed by atoms with Crippen LogP contribution in [-0.4, -0.2) is 17.9 Å². The summed E-state index contributed by atoms with van der Waals surface area (Å²) < 4.78 is 5.14. The molecule has 106 valence electrons. The van der Waals surface area contributed by atoms with E-state index in [0.717, 1.165) is 0 Å². The summed E-state index contributed by atoms with van der Waals surface area (Å²) in [6.45, 7) is 6.14. The van der Waals surface area contributed by atoms with Crippen LogP contribution >= 0.6 is 0 Å². The number of carbonyl (C=O) groups excluding carboxylic acids is 2. The minimum atomic E-state index is -0.484. The average molecular weight is 266 g/mol. The first kappa shape index (κ1) is 15.3. The molecule has 0 unspecified atom stereocenters. The van der Waals surface area contributed by atoms with Crippen LogP contribution in [0.4, 0.5) is 0 Å². The SMILES string of the molecule is CCC(=O)N[C@@H](CC(C)C)C(=O)NCc1ccco1. The van der Waals surface area contributed by atoms with Crippen molar-refractivity contribution in [2.75, 3.05) is 0 Å². The monoisotopic (exact) mass is 266 g/mol. The molecule has 0 aliphatic carbocycles. The Balaban J connectivity index is 2.52. The van der Waals surface area contributed by atoms with Gasteiger partial charge in [0.15, 0.2) is 0 Å². The van der Waals surface area contributed by atoms with Crippen LogP contribution in [0.15, 0.2) is 22.8 Å². The minimum absolute atomic E-state index is 0.112. The van der Waals surface area contributed by atoms with Crippen LogP contribution < -0.4 is 10.6 Å². The number of furan rings is 1. The van der Waals surface area contributed by atoms with Gasteiger partial charge >= 0.3 is 0 Å². The molecule has 0 saturated carbocycles. The fourth-order valence-corrected chi connectivity index (χ4v) is 1.71. The number of nitrogens with one attached hydrogen (secondary N) is 2. The molecule has 2 N–H and O–H groups in total. The highest BCUT2D eigenvalue weighted by Gasteiger charge is 2.21. The number of carbonyl (C=O) groups is 2. The van der Waals surface area contributed by atoms with Gasteiger partial charge in [-0.2, -0.15) is 0 Å². The zero-order valence-electron chi connectivity index (χ0n) is 11.7. The Hall–Kier alpha value is -1.78. The Morgan fingerprint density at radius 2 is 2.11 bits per heavy atom. The van der Waals surface area contributed by atoms with Gasteiger partial charge in [0, 0.05) is 6.42 Å². The first-order chi connectivity index (χ1) is 9.02. The van der Waals surface area contributed by atoms with Gasteiger partial charge in [-0.1, -0.05) is 20.8 Å². The number of hydrogen-bond acceptors (Lipinski definition) is 3. The molecular weight excluding hydrogens is 244 g/mol. The quantitative estimate of drug-likeness (QED) is 0.791. The van der Waals surface area contributed by atoms with Crippen molar-refractivity contribution in [1.82, 2.24) is 10.6 Å². The molecule has 19 heavy (non-hydrogen) atoms. The Morgan fingerprint density at radius 1 is 1.37 bits per heavy atom. The highest BCUT2D eigenvalue weighted by molar-refractivity contribution is 5.87. The largest absolute Gasteiger partial charge is 0.467 e. The molecule has 0 aliphatic heterocycles. The second-order valence-electron chi connectivity index (χ2n) is 4.90. The summed E-state index contributed by atoms with van der Waals surface area (Å²) in [4.78, 5) is 23.5. The Bertz CT molecular complexity index is 399. The van der Waals surface area contributed by atoms with Gasteiger partial charge in [0.2, 0.25) is 11.8 Å². The predicted octanol–water partition coefficient (Wildman–Crippen LogP) is 1.84. The van der Waals surface area contributed by atoms with Crippen LogP contribution in [0, 0.1) is 5.92 Å². The van der Waals surface area contributed by atoms with Crippen LogP contribution in [0.1, 0.15) is 39.4 Å². The van der Waals surface area contributed by atoms with E-state index in [9.17, 15) is 9.59 Å². The lowest BCUT2D eigenvalue weighted by atomic mass is 10.0. The van der Waals surface area contributed by atoms with Gasteiger partial charge in [-0.25, -0.2) is 0 Å². The first-order valence-corrected chi connectivity index (χ1v) is 6.62. The lowest BCUT2D eigenvalue weighted by Crippen LogP contribution is -2.47. The highest BCUT2D eigenvalue weighted by Crippen LogP contribution is 2.06. The molecule has 2 amide bonds. The molecule has 0 aromatic carbocycles. The van der Waals surface area contributed by atoms with Gasteiger partial charge in [-0.05, 0) is 24.5 Å². The van der Waals surface area contributed by atoms with Gasteiger partial charge in [-0.3, -0.25) is 9.59 Å². The standard InChI is InChI=1S/C14H22N2O3/c1-4-13(17)16-12(8-10(2)3)14(18)15-9-11-6-5-7-19-11/h5-7,10,12H,4,8-9H2,1-3H3,(H,15,18)(H,16,17)/t12-/m0/s1. The molecule has 0 saturated heterocycles. The molecular formula is C14H22N2O3. The first-order valence-electron chi connectivity index (χ1n) is 6.62. The third-order valence-corrected chi connectivity index (χ3v) is 2.70. The van der Waals surface area contributed by atoms with E-state index in [4.69, 9.17) is 4.42 Å². The van der Waals surface area contributed by atoms with Crippen LogP contribution in [0.5, 0.6) is 0 Å². The van der Waals surface area contributed by atoms with Crippen LogP contribution in [0.3, 0.4) is 0 Å². The molecule has 0 fully saturated rings. The maximum Gasteiger partial charge on any atom is 0.242 e. The summed E-state index contributed by atoms with van der Waals surface area (Å²) in [6, 6.07) is 3.08. The molecule has 0 spiro atoms. The molecule has 5 heteroatoms. The Labute approximate surface area is 113 Å². The van der Waals surface area contributed by atoms with Gasteiger partial charge in [0.25, 0.3) is 0 Å². The van der Waals surface area contributed by atoms with Crippen molar-refractivity contribution in [1.29, 1.82) is 0 Å². The van der Waals surface area contributed by atoms with E-state index in [1.54, 1.807) is 25.3 Å². The van der Waals surface area contributed by atoms with E-state index in [2.05, 4.69) is 10.6 Å². The topological polar surface area (TPSA) is 71.3 Å². The Kier molecular flexibility index (Phi) is 6.12. The van der Waals surface area contributed by atoms with Crippen molar-refractivity contribution < 1.29 is 14.0 Å². The molecule has 1 heterocycles. The van der Waals surface area contributed by atoms with Crippen molar-refractivity contribution in [3.05, 3.63) is 24.2 Å². The molecule has 1 aromatic heterocycles. The fourth-order valence-electron chi connectivity index (χ4n) is 1.71. The summed E-state index contributed by atoms with van der Waals surface area (Å²) >= 11 is 0. The Morgan fingerprint density at radius 3 is 2.63 bits per heavy atom. The van der Waals surface area contributed by atoms with Crippen LogP contribution in [0.25, 0.3) is 0 Å². The van der Waals surface area contributed by atoms with Crippen molar-refractivity contribution in [2.24, 2.45) is 5.92 Å². The molecule has 1 rings (SSSR count). The summed E-state index contributed by atoms with van der Waals surface area (Å²) in [7, 11) is 0. The van der Waals surface area contributed by atoms with Gasteiger partial charge < -0.3 is 15.1 Å². The van der Waals surface area contributed by atoms with Crippen molar-refractivity contribution in [3.63, 3.8) is 0 Å². The van der Waals surface area contributed by atoms with E-state index in [1.807, 2.05) is 13.8 Å². The maximum absolute atomic E-state index is 12.1. The van der Waals surface area contributed by atoms with Crippen molar-refractivity contribution >= 4 is 11.8 Å². The van der Waals surface area contributed by atoms with Crippen LogP contribution in [0.2, 0.25) is 0 Å². The minimum Gasteiger partial charge on any atom is -0.467 e. The molecule has 1 atom stereocenters.